The summed E-state index contributed by atoms with van der Waals surface area (Å²) >= 11 is 0. The molecule has 126 valence electrons. The Labute approximate surface area is 143 Å². The molecule has 1 N–H and O–H groups in total. The molecular formula is C19H22N2O2S. The predicted molar refractivity (Wildman–Crippen MR) is 98.3 cm³/mol. The molecule has 2 aromatic carbocycles. The third-order valence-corrected chi connectivity index (χ3v) is 5.62. The van der Waals surface area contributed by atoms with Crippen LogP contribution >= 0.6 is 0 Å². The molecule has 24 heavy (non-hydrogen) atoms. The first-order chi connectivity index (χ1) is 11.3. The van der Waals surface area contributed by atoms with Crippen LogP contribution < -0.4 is 4.72 Å². The van der Waals surface area contributed by atoms with Gasteiger partial charge in [-0.3, -0.25) is 0 Å². The number of hydrogen-bond acceptors (Lipinski definition) is 2. The van der Waals surface area contributed by atoms with Crippen molar-refractivity contribution in [2.75, 3.05) is 0 Å². The fraction of sp³-hybridized carbons (Fsp3) is 0.263. The van der Waals surface area contributed by atoms with Crippen molar-refractivity contribution in [1.82, 2.24) is 9.29 Å². The second kappa shape index (κ2) is 6.42. The number of rotatable bonds is 5. The molecule has 0 aliphatic rings. The number of nitrogens with zero attached hydrogens (tertiary/aromatic N) is 1. The first-order valence-corrected chi connectivity index (χ1v) is 9.57. The summed E-state index contributed by atoms with van der Waals surface area (Å²) in [5.41, 5.74) is 5.21. The molecule has 1 aromatic heterocycles. The standard InChI is InChI=1S/C19H22N2O2S/c1-14-4-6-16(7-5-14)13-24(22,23)20-12-17-8-9-19-18(11-17)10-15(2)21(19)3/h4-11,20H,12-13H2,1-3H3. The second-order valence-electron chi connectivity index (χ2n) is 6.30. The third-order valence-electron chi connectivity index (χ3n) is 4.32. The molecule has 3 rings (SSSR count). The molecule has 0 atom stereocenters. The van der Waals surface area contributed by atoms with Gasteiger partial charge in [0.15, 0.2) is 0 Å². The van der Waals surface area contributed by atoms with E-state index in [9.17, 15) is 8.42 Å². The van der Waals surface area contributed by atoms with Gasteiger partial charge in [0.2, 0.25) is 10.0 Å². The Morgan fingerprint density at radius 1 is 0.958 bits per heavy atom. The zero-order valence-electron chi connectivity index (χ0n) is 14.2. The monoisotopic (exact) mass is 342 g/mol. The lowest BCUT2D eigenvalue weighted by molar-refractivity contribution is 0.580. The average Bonchev–Trinajstić information content (AvgIpc) is 2.82. The van der Waals surface area contributed by atoms with Crippen molar-refractivity contribution >= 4 is 20.9 Å². The highest BCUT2D eigenvalue weighted by molar-refractivity contribution is 7.88. The number of hydrogen-bond donors (Lipinski definition) is 1. The normalized spacial score (nSPS) is 12.0. The van der Waals surface area contributed by atoms with Crippen LogP contribution in [0.1, 0.15) is 22.4 Å². The van der Waals surface area contributed by atoms with E-state index in [0.717, 1.165) is 27.6 Å². The number of fused-ring (bicyclic) bond motifs is 1. The molecule has 0 saturated heterocycles. The first kappa shape index (κ1) is 16.7. The Balaban J connectivity index is 1.71. The van der Waals surface area contributed by atoms with Crippen molar-refractivity contribution in [1.29, 1.82) is 0 Å². The molecule has 0 aliphatic heterocycles. The topological polar surface area (TPSA) is 51.1 Å². The van der Waals surface area contributed by atoms with Gasteiger partial charge in [0.25, 0.3) is 0 Å². The molecule has 0 radical (unpaired) electrons. The maximum absolute atomic E-state index is 12.3. The number of benzene rings is 2. The summed E-state index contributed by atoms with van der Waals surface area (Å²) in [5, 5.41) is 1.13. The van der Waals surface area contributed by atoms with Crippen LogP contribution in [-0.4, -0.2) is 13.0 Å². The zero-order valence-corrected chi connectivity index (χ0v) is 15.0. The predicted octanol–water partition coefficient (Wildman–Crippen LogP) is 3.41. The van der Waals surface area contributed by atoms with Gasteiger partial charge in [-0.15, -0.1) is 0 Å². The van der Waals surface area contributed by atoms with E-state index in [1.54, 1.807) is 0 Å². The maximum Gasteiger partial charge on any atom is 0.216 e. The number of sulfonamides is 1. The Morgan fingerprint density at radius 2 is 1.62 bits per heavy atom. The minimum atomic E-state index is -3.36. The van der Waals surface area contributed by atoms with Gasteiger partial charge in [0.1, 0.15) is 0 Å². The van der Waals surface area contributed by atoms with Crippen molar-refractivity contribution in [3.8, 4) is 0 Å². The highest BCUT2D eigenvalue weighted by atomic mass is 32.2. The van der Waals surface area contributed by atoms with E-state index in [2.05, 4.69) is 22.3 Å². The zero-order chi connectivity index (χ0) is 17.3. The number of aryl methyl sites for hydroxylation is 3. The lowest BCUT2D eigenvalue weighted by Crippen LogP contribution is -2.24. The quantitative estimate of drug-likeness (QED) is 0.772. The second-order valence-corrected chi connectivity index (χ2v) is 8.11. The van der Waals surface area contributed by atoms with Gasteiger partial charge in [0.05, 0.1) is 5.75 Å². The van der Waals surface area contributed by atoms with Gasteiger partial charge in [-0.2, -0.15) is 0 Å². The Kier molecular flexibility index (Phi) is 4.47. The Bertz CT molecular complexity index is 971. The summed E-state index contributed by atoms with van der Waals surface area (Å²) in [4.78, 5) is 0. The summed E-state index contributed by atoms with van der Waals surface area (Å²) in [6, 6.07) is 15.7. The van der Waals surface area contributed by atoms with E-state index in [-0.39, 0.29) is 5.75 Å². The summed E-state index contributed by atoms with van der Waals surface area (Å²) in [7, 11) is -1.33. The van der Waals surface area contributed by atoms with Crippen molar-refractivity contribution in [2.24, 2.45) is 7.05 Å². The van der Waals surface area contributed by atoms with Gasteiger partial charge in [0, 0.05) is 30.2 Å². The third kappa shape index (κ3) is 3.68. The van der Waals surface area contributed by atoms with E-state index >= 15 is 0 Å². The van der Waals surface area contributed by atoms with Crippen LogP contribution in [0, 0.1) is 13.8 Å². The van der Waals surface area contributed by atoms with Crippen molar-refractivity contribution in [2.45, 2.75) is 26.1 Å². The highest BCUT2D eigenvalue weighted by Crippen LogP contribution is 2.20. The minimum absolute atomic E-state index is 0.0000303. The van der Waals surface area contributed by atoms with Gasteiger partial charge >= 0.3 is 0 Å². The molecule has 0 fully saturated rings. The van der Waals surface area contributed by atoms with E-state index in [1.165, 1.54) is 5.69 Å². The van der Waals surface area contributed by atoms with Crippen LogP contribution in [0.3, 0.4) is 0 Å². The molecule has 4 nitrogen and oxygen atoms in total. The van der Waals surface area contributed by atoms with Crippen molar-refractivity contribution in [3.63, 3.8) is 0 Å². The van der Waals surface area contributed by atoms with E-state index < -0.39 is 10.0 Å². The van der Waals surface area contributed by atoms with Crippen LogP contribution in [0.2, 0.25) is 0 Å². The van der Waals surface area contributed by atoms with Crippen molar-refractivity contribution in [3.05, 3.63) is 70.9 Å². The molecule has 0 spiro atoms. The SMILES string of the molecule is Cc1ccc(CS(=O)(=O)NCc2ccc3c(c2)cc(C)n3C)cc1. The molecular weight excluding hydrogens is 320 g/mol. The Hall–Kier alpha value is -2.11. The number of nitrogens with one attached hydrogen (secondary N) is 1. The average molecular weight is 342 g/mol. The molecule has 0 bridgehead atoms. The van der Waals surface area contributed by atoms with Crippen LogP contribution in [0.25, 0.3) is 10.9 Å². The van der Waals surface area contributed by atoms with Crippen LogP contribution in [0.4, 0.5) is 0 Å². The van der Waals surface area contributed by atoms with E-state index in [0.29, 0.717) is 6.54 Å². The number of aromatic nitrogens is 1. The molecule has 1 heterocycles. The van der Waals surface area contributed by atoms with Crippen molar-refractivity contribution < 1.29 is 8.42 Å². The lowest BCUT2D eigenvalue weighted by atomic mass is 10.1. The summed E-state index contributed by atoms with van der Waals surface area (Å²) < 4.78 is 29.3. The van der Waals surface area contributed by atoms with Gasteiger partial charge in [-0.1, -0.05) is 35.9 Å². The van der Waals surface area contributed by atoms with E-state index in [1.807, 2.05) is 56.4 Å². The first-order valence-electron chi connectivity index (χ1n) is 7.92. The Morgan fingerprint density at radius 3 is 2.33 bits per heavy atom. The van der Waals surface area contributed by atoms with Crippen LogP contribution in [-0.2, 0) is 29.4 Å². The van der Waals surface area contributed by atoms with E-state index in [4.69, 9.17) is 0 Å². The largest absolute Gasteiger partial charge is 0.348 e. The fourth-order valence-electron chi connectivity index (χ4n) is 2.79. The molecule has 0 aliphatic carbocycles. The summed E-state index contributed by atoms with van der Waals surface area (Å²) in [5.74, 6) is -0.0000303. The fourth-order valence-corrected chi connectivity index (χ4v) is 3.91. The molecule has 0 unspecified atom stereocenters. The summed E-state index contributed by atoms with van der Waals surface area (Å²) in [6.45, 7) is 4.35. The maximum atomic E-state index is 12.3. The molecule has 5 heteroatoms. The highest BCUT2D eigenvalue weighted by Gasteiger charge is 2.12. The van der Waals surface area contributed by atoms with Crippen LogP contribution in [0.5, 0.6) is 0 Å². The molecule has 3 aromatic rings. The molecule has 0 saturated carbocycles. The van der Waals surface area contributed by atoms with Gasteiger partial charge in [-0.05, 0) is 43.2 Å². The van der Waals surface area contributed by atoms with Gasteiger partial charge < -0.3 is 4.57 Å². The smallest absolute Gasteiger partial charge is 0.216 e. The lowest BCUT2D eigenvalue weighted by Gasteiger charge is -2.08. The minimum Gasteiger partial charge on any atom is -0.348 e. The molecule has 0 amide bonds. The van der Waals surface area contributed by atoms with Gasteiger partial charge in [-0.25, -0.2) is 13.1 Å². The van der Waals surface area contributed by atoms with Crippen LogP contribution in [0.15, 0.2) is 48.5 Å². The summed E-state index contributed by atoms with van der Waals surface area (Å²) in [6.07, 6.45) is 0.